The van der Waals surface area contributed by atoms with Gasteiger partial charge in [-0.25, -0.2) is 26.7 Å². The van der Waals surface area contributed by atoms with Crippen molar-refractivity contribution in [1.29, 1.82) is 0 Å². The summed E-state index contributed by atoms with van der Waals surface area (Å²) in [5, 5.41) is 4.30. The summed E-state index contributed by atoms with van der Waals surface area (Å²) in [6.45, 7) is 7.52. The van der Waals surface area contributed by atoms with Gasteiger partial charge in [0, 0.05) is 0 Å². The van der Waals surface area contributed by atoms with Gasteiger partial charge >= 0.3 is 5.97 Å². The van der Waals surface area contributed by atoms with Gasteiger partial charge in [-0.1, -0.05) is 62.9 Å². The van der Waals surface area contributed by atoms with Crippen LogP contribution in [0.1, 0.15) is 42.4 Å². The van der Waals surface area contributed by atoms with Gasteiger partial charge < -0.3 is 4.74 Å². The Bertz CT molecular complexity index is 1450. The Morgan fingerprint density at radius 2 is 1.35 bits per heavy atom. The van der Waals surface area contributed by atoms with E-state index >= 15 is 0 Å². The van der Waals surface area contributed by atoms with E-state index in [1.165, 1.54) is 11.6 Å². The summed E-state index contributed by atoms with van der Waals surface area (Å²) in [6, 6.07) is 15.1. The smallest absolute Gasteiger partial charge is 0.344 e. The molecule has 0 amide bonds. The van der Waals surface area contributed by atoms with Crippen molar-refractivity contribution in [3.63, 3.8) is 0 Å². The Kier molecular flexibility index (Phi) is 7.14. The molecule has 0 bridgehead atoms. The second-order valence-corrected chi connectivity index (χ2v) is 10.2. The largest absolute Gasteiger partial charge is 0.402 e. The van der Waals surface area contributed by atoms with E-state index in [-0.39, 0.29) is 39.2 Å². The van der Waals surface area contributed by atoms with E-state index in [0.717, 1.165) is 5.56 Å². The van der Waals surface area contributed by atoms with E-state index in [9.17, 15) is 26.7 Å². The van der Waals surface area contributed by atoms with Crippen LogP contribution in [0.5, 0.6) is 5.88 Å². The summed E-state index contributed by atoms with van der Waals surface area (Å²) in [5.41, 5.74) is 1.61. The van der Waals surface area contributed by atoms with Gasteiger partial charge in [0.1, 0.15) is 0 Å². The number of benzene rings is 3. The third-order valence-corrected chi connectivity index (χ3v) is 6.75. The van der Waals surface area contributed by atoms with Gasteiger partial charge in [0.05, 0.1) is 26.7 Å². The van der Waals surface area contributed by atoms with Crippen LogP contribution in [0.25, 0.3) is 5.69 Å². The first-order valence-electron chi connectivity index (χ1n) is 11.1. The molecule has 0 N–H and O–H groups in total. The lowest BCUT2D eigenvalue weighted by atomic mass is 9.87. The van der Waals surface area contributed by atoms with E-state index in [4.69, 9.17) is 4.74 Å². The molecule has 0 aliphatic rings. The molecule has 0 unspecified atom stereocenters. The molecule has 37 heavy (non-hydrogen) atoms. The standard InChI is InChI=1S/C27H21F5N2O2S/c1-14-23(37-24-21(31)19(29)18(28)20(30)22(24)32)25(34(33-14)17-8-6-5-7-9-17)36-26(35)15-10-12-16(13-11-15)27(2,3)4/h5-13H,1-4H3. The molecule has 0 spiro atoms. The third kappa shape index (κ3) is 5.11. The first-order valence-corrected chi connectivity index (χ1v) is 11.9. The maximum Gasteiger partial charge on any atom is 0.344 e. The second-order valence-electron chi connectivity index (χ2n) is 9.19. The Labute approximate surface area is 214 Å². The predicted octanol–water partition coefficient (Wildman–Crippen LogP) is 7.54. The lowest BCUT2D eigenvalue weighted by Gasteiger charge is -2.19. The molecule has 1 aromatic heterocycles. The van der Waals surface area contributed by atoms with Crippen LogP contribution < -0.4 is 4.74 Å². The number of carbonyl (C=O) groups is 1. The van der Waals surface area contributed by atoms with Gasteiger partial charge in [0.2, 0.25) is 11.7 Å². The minimum Gasteiger partial charge on any atom is -0.402 e. The molecule has 0 radical (unpaired) electrons. The molecule has 0 saturated carbocycles. The van der Waals surface area contributed by atoms with Crippen LogP contribution in [0.2, 0.25) is 0 Å². The van der Waals surface area contributed by atoms with Gasteiger partial charge in [-0.15, -0.1) is 0 Å². The Morgan fingerprint density at radius 1 is 0.811 bits per heavy atom. The number of para-hydroxylation sites is 1. The molecule has 10 heteroatoms. The maximum atomic E-state index is 14.5. The van der Waals surface area contributed by atoms with Crippen LogP contribution in [-0.2, 0) is 5.41 Å². The number of aromatic nitrogens is 2. The number of halogens is 5. The number of hydrogen-bond acceptors (Lipinski definition) is 4. The zero-order valence-corrected chi connectivity index (χ0v) is 21.0. The highest BCUT2D eigenvalue weighted by Gasteiger charge is 2.30. The summed E-state index contributed by atoms with van der Waals surface area (Å²) >= 11 is 0.232. The lowest BCUT2D eigenvalue weighted by Crippen LogP contribution is -2.14. The molecule has 4 aromatic rings. The normalized spacial score (nSPS) is 11.6. The van der Waals surface area contributed by atoms with Gasteiger partial charge in [0.15, 0.2) is 23.3 Å². The van der Waals surface area contributed by atoms with Gasteiger partial charge in [0.25, 0.3) is 0 Å². The van der Waals surface area contributed by atoms with Crippen molar-refractivity contribution in [2.24, 2.45) is 0 Å². The van der Waals surface area contributed by atoms with Crippen LogP contribution in [0.15, 0.2) is 64.4 Å². The Morgan fingerprint density at radius 3 is 1.89 bits per heavy atom. The number of carbonyl (C=O) groups excluding carboxylic acids is 1. The van der Waals surface area contributed by atoms with E-state index in [0.29, 0.717) is 5.69 Å². The minimum absolute atomic E-state index is 0.0910. The zero-order valence-electron chi connectivity index (χ0n) is 20.2. The Hall–Kier alpha value is -3.66. The van der Waals surface area contributed by atoms with Gasteiger partial charge in [-0.05, 0) is 42.2 Å². The summed E-state index contributed by atoms with van der Waals surface area (Å²) in [5.74, 6) is -11.4. The van der Waals surface area contributed by atoms with E-state index < -0.39 is 40.0 Å². The first-order chi connectivity index (χ1) is 17.4. The van der Waals surface area contributed by atoms with Crippen LogP contribution in [0, 0.1) is 36.0 Å². The third-order valence-electron chi connectivity index (χ3n) is 5.52. The fourth-order valence-electron chi connectivity index (χ4n) is 3.47. The number of rotatable bonds is 5. The summed E-state index contributed by atoms with van der Waals surface area (Å²) in [6.07, 6.45) is 0. The average molecular weight is 533 g/mol. The molecule has 4 nitrogen and oxygen atoms in total. The molecule has 4 rings (SSSR count). The molecular formula is C27H21F5N2O2S. The molecule has 0 aliphatic carbocycles. The highest BCUT2D eigenvalue weighted by molar-refractivity contribution is 7.99. The quantitative estimate of drug-likeness (QED) is 0.115. The van der Waals surface area contributed by atoms with Crippen molar-refractivity contribution in [2.45, 2.75) is 42.9 Å². The number of hydrogen-bond donors (Lipinski definition) is 0. The number of aryl methyl sites for hydroxylation is 1. The molecule has 0 aliphatic heterocycles. The minimum atomic E-state index is -2.26. The lowest BCUT2D eigenvalue weighted by molar-refractivity contribution is 0.0718. The van der Waals surface area contributed by atoms with Gasteiger partial charge in [-0.3, -0.25) is 0 Å². The zero-order chi connectivity index (χ0) is 27.1. The topological polar surface area (TPSA) is 44.1 Å². The monoisotopic (exact) mass is 532 g/mol. The van der Waals surface area contributed by atoms with Crippen LogP contribution in [0.3, 0.4) is 0 Å². The summed E-state index contributed by atoms with van der Waals surface area (Å²) < 4.78 is 77.0. The van der Waals surface area contributed by atoms with Crippen molar-refractivity contribution in [1.82, 2.24) is 9.78 Å². The van der Waals surface area contributed by atoms with Crippen molar-refractivity contribution in [2.75, 3.05) is 0 Å². The van der Waals surface area contributed by atoms with Crippen molar-refractivity contribution < 1.29 is 31.5 Å². The Balaban J connectivity index is 1.80. The molecule has 1 heterocycles. The molecular weight excluding hydrogens is 511 g/mol. The maximum absolute atomic E-state index is 14.5. The SMILES string of the molecule is Cc1nn(-c2ccccc2)c(OC(=O)c2ccc(C(C)(C)C)cc2)c1Sc1c(F)c(F)c(F)c(F)c1F. The van der Waals surface area contributed by atoms with E-state index in [1.807, 2.05) is 20.8 Å². The number of ether oxygens (including phenoxy) is 1. The van der Waals surface area contributed by atoms with Crippen molar-refractivity contribution in [3.05, 3.63) is 101 Å². The fourth-order valence-corrected chi connectivity index (χ4v) is 4.44. The first kappa shape index (κ1) is 26.4. The second kappa shape index (κ2) is 10.0. The molecule has 0 fully saturated rings. The number of nitrogens with zero attached hydrogens (tertiary/aromatic N) is 2. The fraction of sp³-hybridized carbons (Fsp3) is 0.185. The van der Waals surface area contributed by atoms with Crippen LogP contribution >= 0.6 is 11.8 Å². The summed E-state index contributed by atoms with van der Waals surface area (Å²) in [4.78, 5) is 11.8. The summed E-state index contributed by atoms with van der Waals surface area (Å²) in [7, 11) is 0. The highest BCUT2D eigenvalue weighted by atomic mass is 32.2. The molecule has 0 saturated heterocycles. The highest BCUT2D eigenvalue weighted by Crippen LogP contribution is 2.42. The molecule has 192 valence electrons. The van der Waals surface area contributed by atoms with Crippen molar-refractivity contribution >= 4 is 17.7 Å². The predicted molar refractivity (Wildman–Crippen MR) is 129 cm³/mol. The molecule has 3 aromatic carbocycles. The van der Waals surface area contributed by atoms with E-state index in [2.05, 4.69) is 5.10 Å². The van der Waals surface area contributed by atoms with Crippen LogP contribution in [0.4, 0.5) is 22.0 Å². The van der Waals surface area contributed by atoms with E-state index in [1.54, 1.807) is 54.6 Å². The average Bonchev–Trinajstić information content (AvgIpc) is 3.18. The number of esters is 1. The van der Waals surface area contributed by atoms with Crippen molar-refractivity contribution in [3.8, 4) is 11.6 Å². The molecule has 0 atom stereocenters. The van der Waals surface area contributed by atoms with Crippen LogP contribution in [-0.4, -0.2) is 15.7 Å². The van der Waals surface area contributed by atoms with Gasteiger partial charge in [-0.2, -0.15) is 9.78 Å².